The van der Waals surface area contributed by atoms with Crippen LogP contribution in [0.25, 0.3) is 22.3 Å². The molecule has 0 fully saturated rings. The van der Waals surface area contributed by atoms with Crippen molar-refractivity contribution in [2.24, 2.45) is 19.2 Å². The van der Waals surface area contributed by atoms with E-state index in [1.807, 2.05) is 7.05 Å². The van der Waals surface area contributed by atoms with Gasteiger partial charge in [0.1, 0.15) is 5.52 Å². The number of imidazole rings is 2. The van der Waals surface area contributed by atoms with Gasteiger partial charge in [0.15, 0.2) is 27.8 Å². The van der Waals surface area contributed by atoms with E-state index in [2.05, 4.69) is 34.6 Å². The molecule has 46 heavy (non-hydrogen) atoms. The maximum atomic E-state index is 12.4. The highest BCUT2D eigenvalue weighted by atomic mass is 35.5. The van der Waals surface area contributed by atoms with Crippen LogP contribution in [0.4, 0.5) is 17.2 Å². The lowest BCUT2D eigenvalue weighted by Crippen LogP contribution is -2.14. The van der Waals surface area contributed by atoms with Gasteiger partial charge < -0.3 is 20.6 Å². The number of hydrogen-bond acceptors (Lipinski definition) is 12. The summed E-state index contributed by atoms with van der Waals surface area (Å²) >= 11 is 17.2. The molecule has 0 amide bonds. The van der Waals surface area contributed by atoms with Crippen molar-refractivity contribution >= 4 is 94.4 Å². The van der Waals surface area contributed by atoms with E-state index in [9.17, 15) is 16.8 Å². The van der Waals surface area contributed by atoms with Gasteiger partial charge in [0, 0.05) is 25.5 Å². The van der Waals surface area contributed by atoms with E-state index in [1.165, 1.54) is 54.9 Å². The predicted molar refractivity (Wildman–Crippen MR) is 178 cm³/mol. The summed E-state index contributed by atoms with van der Waals surface area (Å²) in [7, 11) is -3.87. The van der Waals surface area contributed by atoms with E-state index in [0.29, 0.717) is 33.7 Å². The van der Waals surface area contributed by atoms with Crippen molar-refractivity contribution in [3.05, 3.63) is 76.9 Å². The second-order valence-electron chi connectivity index (χ2n) is 8.97. The summed E-state index contributed by atoms with van der Waals surface area (Å²) in [5.41, 5.74) is 13.8. The Labute approximate surface area is 278 Å². The Kier molecular flexibility index (Phi) is 11.3. The number of nitrogens with one attached hydrogen (secondary N) is 1. The number of nitrogen functional groups attached to an aromatic ring is 2. The molecule has 16 nitrogen and oxygen atoms in total. The number of aromatic nitrogens is 8. The topological polar surface area (TPSA) is 246 Å². The lowest BCUT2D eigenvalue weighted by molar-refractivity contribution is 0.597. The van der Waals surface area contributed by atoms with Gasteiger partial charge >= 0.3 is 0 Å². The van der Waals surface area contributed by atoms with Crippen LogP contribution < -0.4 is 21.3 Å². The van der Waals surface area contributed by atoms with E-state index >= 15 is 0 Å². The van der Waals surface area contributed by atoms with E-state index in [-0.39, 0.29) is 38.8 Å². The number of halogens is 3. The number of benzene rings is 2. The van der Waals surface area contributed by atoms with Gasteiger partial charge in [0.05, 0.1) is 22.4 Å². The molecular weight excluding hydrogens is 703 g/mol. The van der Waals surface area contributed by atoms with Crippen LogP contribution in [0.15, 0.2) is 71.0 Å². The Bertz CT molecular complexity index is 2210. The molecule has 0 spiro atoms. The fourth-order valence-electron chi connectivity index (χ4n) is 3.49. The minimum absolute atomic E-state index is 0. The number of anilines is 3. The predicted octanol–water partition coefficient (Wildman–Crippen LogP) is 3.62. The molecule has 6 aromatic rings. The summed E-state index contributed by atoms with van der Waals surface area (Å²) in [6.45, 7) is 0. The molecule has 7 N–H and O–H groups in total. The Morgan fingerprint density at radius 2 is 1.11 bits per heavy atom. The minimum atomic E-state index is -3.83. The van der Waals surface area contributed by atoms with Crippen molar-refractivity contribution in [2.75, 3.05) is 16.2 Å². The molecule has 4 aromatic heterocycles. The molecule has 4 heterocycles. The quantitative estimate of drug-likeness (QED) is 0.115. The molecule has 0 radical (unpaired) electrons. The molecule has 244 valence electrons. The highest BCUT2D eigenvalue weighted by molar-refractivity contribution is 7.92. The first-order chi connectivity index (χ1) is 21.0. The van der Waals surface area contributed by atoms with E-state index in [0.717, 1.165) is 0 Å². The number of aryl methyl sites for hydroxylation is 2. The Balaban J connectivity index is 0.000000204. The van der Waals surface area contributed by atoms with Crippen LogP contribution >= 0.6 is 34.8 Å². The molecule has 0 saturated heterocycles. The van der Waals surface area contributed by atoms with Gasteiger partial charge in [-0.15, -0.1) is 0 Å². The standard InChI is InChI=1S/C12H11ClN6O2S.C6H4Cl2N4.C6H8N2O2S.CH4/c1-19-6-15-9-10(16-12(13)17-11(9)19)18-22(20,21)8-4-2-7(14)3-5-8;1-12-2-9-3-4(7)10-6(8)11-5(3)12;7-5-1-3-6(4-2-5)11(8,9)10;/h2-6H,14H2,1H3,(H,16,17,18);2H,1H3;1-4H,7H2,(H2,8,9,10);1H4. The Morgan fingerprint density at radius 3 is 1.61 bits per heavy atom. The summed E-state index contributed by atoms with van der Waals surface area (Å²) in [4.78, 5) is 23.9. The van der Waals surface area contributed by atoms with Crippen molar-refractivity contribution in [1.82, 2.24) is 39.0 Å². The third-order valence-electron chi connectivity index (χ3n) is 5.65. The normalized spacial score (nSPS) is 11.2. The third-order valence-corrected chi connectivity index (χ3v) is 8.54. The van der Waals surface area contributed by atoms with Gasteiger partial charge in [-0.05, 0) is 71.7 Å². The average Bonchev–Trinajstić information content (AvgIpc) is 3.51. The molecule has 2 aromatic carbocycles. The van der Waals surface area contributed by atoms with Crippen LogP contribution in [0.2, 0.25) is 15.7 Å². The molecule has 6 rings (SSSR count). The van der Waals surface area contributed by atoms with Crippen LogP contribution in [-0.4, -0.2) is 55.9 Å². The lowest BCUT2D eigenvalue weighted by atomic mass is 10.3. The van der Waals surface area contributed by atoms with Crippen molar-refractivity contribution in [3.8, 4) is 0 Å². The fraction of sp³-hybridized carbons (Fsp3) is 0.120. The summed E-state index contributed by atoms with van der Waals surface area (Å²) < 4.78 is 51.8. The first-order valence-corrected chi connectivity index (χ1v) is 16.3. The first-order valence-electron chi connectivity index (χ1n) is 12.2. The molecule has 0 bridgehead atoms. The number of primary sulfonamides is 1. The fourth-order valence-corrected chi connectivity index (χ4v) is 5.60. The summed E-state index contributed by atoms with van der Waals surface area (Å²) in [6.07, 6.45) is 3.11. The van der Waals surface area contributed by atoms with E-state index < -0.39 is 20.0 Å². The van der Waals surface area contributed by atoms with Gasteiger partial charge in [-0.25, -0.2) is 36.9 Å². The maximum Gasteiger partial charge on any atom is 0.263 e. The Morgan fingerprint density at radius 1 is 0.674 bits per heavy atom. The molecule has 0 saturated carbocycles. The van der Waals surface area contributed by atoms with Crippen molar-refractivity contribution in [1.29, 1.82) is 0 Å². The molecule has 0 aliphatic rings. The third kappa shape index (κ3) is 8.68. The first kappa shape index (κ1) is 36.1. The molecule has 0 aliphatic heterocycles. The number of nitrogens with zero attached hydrogens (tertiary/aromatic N) is 8. The van der Waals surface area contributed by atoms with E-state index in [4.69, 9.17) is 51.4 Å². The van der Waals surface area contributed by atoms with Crippen LogP contribution in [0.3, 0.4) is 0 Å². The van der Waals surface area contributed by atoms with Gasteiger partial charge in [-0.2, -0.15) is 15.0 Å². The van der Waals surface area contributed by atoms with Crippen molar-refractivity contribution in [2.45, 2.75) is 17.2 Å². The molecular formula is C25H27Cl3N12O4S2. The number of fused-ring (bicyclic) bond motifs is 2. The monoisotopic (exact) mass is 728 g/mol. The van der Waals surface area contributed by atoms with Gasteiger partial charge in [-0.1, -0.05) is 19.0 Å². The number of sulfonamides is 2. The highest BCUT2D eigenvalue weighted by Crippen LogP contribution is 2.24. The summed E-state index contributed by atoms with van der Waals surface area (Å²) in [5.74, 6) is 0.0208. The number of rotatable bonds is 4. The van der Waals surface area contributed by atoms with Crippen LogP contribution in [0, 0.1) is 0 Å². The second-order valence-corrected chi connectivity index (χ2v) is 13.2. The second kappa shape index (κ2) is 14.4. The molecule has 21 heteroatoms. The van der Waals surface area contributed by atoms with Crippen molar-refractivity contribution < 1.29 is 16.8 Å². The molecule has 0 unspecified atom stereocenters. The number of hydrogen-bond donors (Lipinski definition) is 4. The smallest absolute Gasteiger partial charge is 0.263 e. The van der Waals surface area contributed by atoms with Gasteiger partial charge in [-0.3, -0.25) is 4.72 Å². The summed E-state index contributed by atoms with van der Waals surface area (Å²) in [6, 6.07) is 11.5. The average molecular weight is 730 g/mol. The molecule has 0 aliphatic carbocycles. The van der Waals surface area contributed by atoms with Crippen molar-refractivity contribution in [3.63, 3.8) is 0 Å². The van der Waals surface area contributed by atoms with E-state index in [1.54, 1.807) is 22.5 Å². The Hall–Kier alpha value is -4.33. The van der Waals surface area contributed by atoms with Crippen LogP contribution in [0.1, 0.15) is 7.43 Å². The zero-order chi connectivity index (χ0) is 33.1. The highest BCUT2D eigenvalue weighted by Gasteiger charge is 2.19. The van der Waals surface area contributed by atoms with Gasteiger partial charge in [0.25, 0.3) is 10.0 Å². The zero-order valence-electron chi connectivity index (χ0n) is 23.2. The minimum Gasteiger partial charge on any atom is -0.399 e. The van der Waals surface area contributed by atoms with Gasteiger partial charge in [0.2, 0.25) is 20.6 Å². The molecule has 0 atom stereocenters. The largest absolute Gasteiger partial charge is 0.399 e. The van der Waals surface area contributed by atoms with Crippen LogP contribution in [-0.2, 0) is 34.1 Å². The maximum absolute atomic E-state index is 12.4. The SMILES string of the molecule is C.Cn1cnc2c(Cl)nc(Cl)nc21.Cn1cnc2c(NS(=O)(=O)c3ccc(N)cc3)nc(Cl)nc21.Nc1ccc(S(N)(=O)=O)cc1. The lowest BCUT2D eigenvalue weighted by Gasteiger charge is -2.08. The number of nitrogens with two attached hydrogens (primary N) is 3. The summed E-state index contributed by atoms with van der Waals surface area (Å²) in [5, 5.41) is 5.18. The zero-order valence-corrected chi connectivity index (χ0v) is 27.1. The van der Waals surface area contributed by atoms with Crippen LogP contribution in [0.5, 0.6) is 0 Å².